The summed E-state index contributed by atoms with van der Waals surface area (Å²) < 4.78 is 0.337. The first-order chi connectivity index (χ1) is 9.20. The number of H-pyrrole nitrogens is 1. The maximum Gasteiger partial charge on any atom is 0.257 e. The number of nitrogens with one attached hydrogen (secondary N) is 1. The highest BCUT2D eigenvalue weighted by Crippen LogP contribution is 2.42. The Labute approximate surface area is 118 Å². The fourth-order valence-corrected chi connectivity index (χ4v) is 4.82. The van der Waals surface area contributed by atoms with E-state index in [1.54, 1.807) is 6.20 Å². The molecule has 1 saturated carbocycles. The topological polar surface area (TPSA) is 49.0 Å². The van der Waals surface area contributed by atoms with Crippen molar-refractivity contribution in [3.8, 4) is 0 Å². The fourth-order valence-electron chi connectivity index (χ4n) is 3.25. The maximum atomic E-state index is 12.6. The van der Waals surface area contributed by atoms with Gasteiger partial charge in [0.2, 0.25) is 0 Å². The zero-order valence-electron chi connectivity index (χ0n) is 11.4. The molecule has 104 valence electrons. The molecule has 1 aromatic rings. The molecule has 2 heterocycles. The number of nitrogens with zero attached hydrogens (tertiary/aromatic N) is 2. The van der Waals surface area contributed by atoms with Crippen LogP contribution < -0.4 is 0 Å². The summed E-state index contributed by atoms with van der Waals surface area (Å²) in [6.07, 6.45) is 8.20. The molecule has 0 radical (unpaired) electrons. The number of aromatic nitrogens is 2. The molecule has 1 aliphatic heterocycles. The smallest absolute Gasteiger partial charge is 0.257 e. The number of rotatable bonds is 1. The van der Waals surface area contributed by atoms with Crippen molar-refractivity contribution in [2.75, 3.05) is 18.8 Å². The van der Waals surface area contributed by atoms with E-state index >= 15 is 0 Å². The molecule has 3 rings (SSSR count). The molecule has 19 heavy (non-hydrogen) atoms. The van der Waals surface area contributed by atoms with Crippen LogP contribution in [-0.2, 0) is 0 Å². The van der Waals surface area contributed by atoms with Crippen molar-refractivity contribution in [1.29, 1.82) is 0 Å². The van der Waals surface area contributed by atoms with E-state index in [9.17, 15) is 4.79 Å². The molecule has 1 aromatic heterocycles. The minimum absolute atomic E-state index is 0.150. The summed E-state index contributed by atoms with van der Waals surface area (Å²) in [6, 6.07) is 0. The highest BCUT2D eigenvalue weighted by atomic mass is 32.2. The van der Waals surface area contributed by atoms with Crippen LogP contribution in [0.5, 0.6) is 0 Å². The Morgan fingerprint density at radius 2 is 2.21 bits per heavy atom. The molecule has 0 unspecified atom stereocenters. The second kappa shape index (κ2) is 5.19. The van der Waals surface area contributed by atoms with Crippen LogP contribution in [-0.4, -0.2) is 44.6 Å². The van der Waals surface area contributed by atoms with Gasteiger partial charge >= 0.3 is 0 Å². The van der Waals surface area contributed by atoms with Gasteiger partial charge in [-0.25, -0.2) is 0 Å². The third kappa shape index (κ3) is 2.53. The number of hydrogen-bond acceptors (Lipinski definition) is 3. The molecule has 1 aliphatic carbocycles. The van der Waals surface area contributed by atoms with Gasteiger partial charge in [-0.15, -0.1) is 0 Å². The van der Waals surface area contributed by atoms with Gasteiger partial charge in [0.15, 0.2) is 0 Å². The SMILES string of the molecule is Cc1[nH]ncc1C(=O)N1CCSC2(CCCCC2)C1. The van der Waals surface area contributed by atoms with Crippen LogP contribution in [0.25, 0.3) is 0 Å². The molecule has 0 atom stereocenters. The van der Waals surface area contributed by atoms with Crippen LogP contribution in [0, 0.1) is 6.92 Å². The second-order valence-corrected chi connectivity index (χ2v) is 7.29. The average molecular weight is 279 g/mol. The summed E-state index contributed by atoms with van der Waals surface area (Å²) in [5.74, 6) is 1.22. The quantitative estimate of drug-likeness (QED) is 0.859. The molecule has 2 fully saturated rings. The lowest BCUT2D eigenvalue weighted by atomic mass is 9.87. The number of aromatic amines is 1. The molecule has 5 heteroatoms. The summed E-state index contributed by atoms with van der Waals surface area (Å²) in [5.41, 5.74) is 1.61. The predicted molar refractivity (Wildman–Crippen MR) is 77.5 cm³/mol. The van der Waals surface area contributed by atoms with Crippen molar-refractivity contribution in [3.05, 3.63) is 17.5 Å². The minimum atomic E-state index is 0.150. The fraction of sp³-hybridized carbons (Fsp3) is 0.714. The van der Waals surface area contributed by atoms with Crippen LogP contribution in [0.2, 0.25) is 0 Å². The van der Waals surface area contributed by atoms with E-state index < -0.39 is 0 Å². The third-order valence-corrected chi connectivity index (χ3v) is 5.90. The first-order valence-electron chi connectivity index (χ1n) is 7.13. The Bertz CT molecular complexity index is 460. The van der Waals surface area contributed by atoms with Gasteiger partial charge in [-0.1, -0.05) is 19.3 Å². The lowest BCUT2D eigenvalue weighted by Gasteiger charge is -2.44. The van der Waals surface area contributed by atoms with Gasteiger partial charge in [-0.3, -0.25) is 9.89 Å². The summed E-state index contributed by atoms with van der Waals surface area (Å²) in [4.78, 5) is 14.6. The molecule has 0 aromatic carbocycles. The van der Waals surface area contributed by atoms with Crippen molar-refractivity contribution >= 4 is 17.7 Å². The molecule has 1 spiro atoms. The molecular formula is C14H21N3OS. The number of carbonyl (C=O) groups is 1. The van der Waals surface area contributed by atoms with E-state index in [-0.39, 0.29) is 5.91 Å². The van der Waals surface area contributed by atoms with Crippen LogP contribution in [0.15, 0.2) is 6.20 Å². The number of thioether (sulfide) groups is 1. The van der Waals surface area contributed by atoms with Crippen LogP contribution in [0.3, 0.4) is 0 Å². The Hall–Kier alpha value is -0.970. The Morgan fingerprint density at radius 3 is 2.89 bits per heavy atom. The van der Waals surface area contributed by atoms with E-state index in [0.717, 1.165) is 30.1 Å². The second-order valence-electron chi connectivity index (χ2n) is 5.73. The standard InChI is InChI=1S/C14H21N3OS/c1-11-12(9-15-16-11)13(18)17-7-8-19-14(10-17)5-3-2-4-6-14/h9H,2-8,10H2,1H3,(H,15,16). The van der Waals surface area contributed by atoms with Gasteiger partial charge in [-0.05, 0) is 19.8 Å². The normalized spacial score (nSPS) is 22.7. The highest BCUT2D eigenvalue weighted by Gasteiger charge is 2.39. The van der Waals surface area contributed by atoms with Crippen LogP contribution in [0.4, 0.5) is 0 Å². The molecule has 0 bridgehead atoms. The van der Waals surface area contributed by atoms with Gasteiger partial charge < -0.3 is 4.90 Å². The number of aryl methyl sites for hydroxylation is 1. The Morgan fingerprint density at radius 1 is 1.42 bits per heavy atom. The highest BCUT2D eigenvalue weighted by molar-refractivity contribution is 8.00. The lowest BCUT2D eigenvalue weighted by Crippen LogP contribution is -2.49. The number of amides is 1. The number of hydrogen-bond donors (Lipinski definition) is 1. The Kier molecular flexibility index (Phi) is 3.56. The predicted octanol–water partition coefficient (Wildman–Crippen LogP) is 2.61. The van der Waals surface area contributed by atoms with Crippen molar-refractivity contribution in [1.82, 2.24) is 15.1 Å². The molecular weight excluding hydrogens is 258 g/mol. The Balaban J connectivity index is 1.74. The van der Waals surface area contributed by atoms with Crippen LogP contribution >= 0.6 is 11.8 Å². The van der Waals surface area contributed by atoms with E-state index in [1.807, 2.05) is 11.8 Å². The number of carbonyl (C=O) groups excluding carboxylic acids is 1. The van der Waals surface area contributed by atoms with E-state index in [2.05, 4.69) is 22.0 Å². The first-order valence-corrected chi connectivity index (χ1v) is 8.12. The van der Waals surface area contributed by atoms with Gasteiger partial charge in [0, 0.05) is 29.3 Å². The van der Waals surface area contributed by atoms with Crippen LogP contribution in [0.1, 0.15) is 48.2 Å². The average Bonchev–Trinajstić information content (AvgIpc) is 2.85. The molecule has 4 nitrogen and oxygen atoms in total. The third-order valence-electron chi connectivity index (χ3n) is 4.36. The van der Waals surface area contributed by atoms with Gasteiger partial charge in [0.1, 0.15) is 0 Å². The van der Waals surface area contributed by atoms with E-state index in [4.69, 9.17) is 0 Å². The van der Waals surface area contributed by atoms with E-state index in [1.165, 1.54) is 32.1 Å². The molecule has 2 aliphatic rings. The van der Waals surface area contributed by atoms with E-state index in [0.29, 0.717) is 4.75 Å². The molecule has 1 amide bonds. The minimum Gasteiger partial charge on any atom is -0.336 e. The van der Waals surface area contributed by atoms with Crippen molar-refractivity contribution in [3.63, 3.8) is 0 Å². The summed E-state index contributed by atoms with van der Waals surface area (Å²) in [5, 5.41) is 6.82. The monoisotopic (exact) mass is 279 g/mol. The maximum absolute atomic E-state index is 12.6. The lowest BCUT2D eigenvalue weighted by molar-refractivity contribution is 0.0729. The zero-order valence-corrected chi connectivity index (χ0v) is 12.3. The molecule has 1 saturated heterocycles. The zero-order chi connectivity index (χ0) is 13.3. The largest absolute Gasteiger partial charge is 0.336 e. The summed E-state index contributed by atoms with van der Waals surface area (Å²) in [7, 11) is 0. The van der Waals surface area contributed by atoms with Gasteiger partial charge in [0.25, 0.3) is 5.91 Å². The van der Waals surface area contributed by atoms with Gasteiger partial charge in [0.05, 0.1) is 11.8 Å². The summed E-state index contributed by atoms with van der Waals surface area (Å²) >= 11 is 2.09. The molecule has 1 N–H and O–H groups in total. The van der Waals surface area contributed by atoms with Gasteiger partial charge in [-0.2, -0.15) is 16.9 Å². The first kappa shape index (κ1) is 13.0. The van der Waals surface area contributed by atoms with Crippen molar-refractivity contribution in [2.45, 2.75) is 43.8 Å². The van der Waals surface area contributed by atoms with Crippen molar-refractivity contribution in [2.24, 2.45) is 0 Å². The summed E-state index contributed by atoms with van der Waals surface area (Å²) in [6.45, 7) is 3.70. The van der Waals surface area contributed by atoms with Crippen molar-refractivity contribution < 1.29 is 4.79 Å².